The molecule has 0 aromatic heterocycles. The molecule has 1 aliphatic heterocycles. The summed E-state index contributed by atoms with van der Waals surface area (Å²) in [6, 6.07) is 0. The van der Waals surface area contributed by atoms with Crippen LogP contribution < -0.4 is 0 Å². The summed E-state index contributed by atoms with van der Waals surface area (Å²) in [5, 5.41) is 0. The number of rotatable bonds is 4. The lowest BCUT2D eigenvalue weighted by atomic mass is 10.3. The number of likely N-dealkylation sites (tertiary alicyclic amines) is 1. The molecule has 0 radical (unpaired) electrons. The number of nitrogens with zero attached hydrogens (tertiary/aromatic N) is 1. The molecule has 15 heavy (non-hydrogen) atoms. The smallest absolute Gasteiger partial charge is 0.230 e. The second-order valence-electron chi connectivity index (χ2n) is 4.31. The maximum absolute atomic E-state index is 11.3. The summed E-state index contributed by atoms with van der Waals surface area (Å²) in [5.41, 5.74) is 0. The first-order valence-corrected chi connectivity index (χ1v) is 5.67. The van der Waals surface area contributed by atoms with Crippen LogP contribution in [0, 0.1) is 0 Å². The van der Waals surface area contributed by atoms with Crippen molar-refractivity contribution in [1.82, 2.24) is 4.90 Å². The molecule has 84 valence electrons. The van der Waals surface area contributed by atoms with E-state index < -0.39 is 0 Å². The van der Waals surface area contributed by atoms with Crippen LogP contribution in [0.5, 0.6) is 0 Å². The third-order valence-electron chi connectivity index (χ3n) is 3.09. The predicted octanol–water partition coefficient (Wildman–Crippen LogP) is 0.747. The Labute approximate surface area is 89.6 Å². The molecule has 2 rings (SSSR count). The van der Waals surface area contributed by atoms with Gasteiger partial charge in [-0.25, -0.2) is 0 Å². The second-order valence-corrected chi connectivity index (χ2v) is 4.31. The molecule has 0 aromatic carbocycles. The first kappa shape index (κ1) is 10.6. The predicted molar refractivity (Wildman–Crippen MR) is 54.4 cm³/mol. The van der Waals surface area contributed by atoms with E-state index in [9.17, 15) is 9.59 Å². The van der Waals surface area contributed by atoms with Gasteiger partial charge in [-0.2, -0.15) is 0 Å². The van der Waals surface area contributed by atoms with Gasteiger partial charge < -0.3 is 9.64 Å². The van der Waals surface area contributed by atoms with Crippen molar-refractivity contribution in [2.24, 2.45) is 0 Å². The topological polar surface area (TPSA) is 46.6 Å². The highest BCUT2D eigenvalue weighted by Crippen LogP contribution is 2.20. The van der Waals surface area contributed by atoms with Gasteiger partial charge in [0.05, 0.1) is 25.7 Å². The first-order valence-electron chi connectivity index (χ1n) is 5.67. The first-order chi connectivity index (χ1) is 7.25. The van der Waals surface area contributed by atoms with Crippen LogP contribution in [-0.2, 0) is 14.3 Å². The van der Waals surface area contributed by atoms with Crippen molar-refractivity contribution in [3.63, 3.8) is 0 Å². The molecule has 1 saturated heterocycles. The molecule has 0 spiro atoms. The lowest BCUT2D eigenvalue weighted by Gasteiger charge is -2.16. The highest BCUT2D eigenvalue weighted by atomic mass is 16.5. The number of hydrogen-bond donors (Lipinski definition) is 0. The normalized spacial score (nSPS) is 23.1. The lowest BCUT2D eigenvalue weighted by molar-refractivity contribution is -0.128. The van der Waals surface area contributed by atoms with Crippen molar-refractivity contribution in [2.45, 2.75) is 38.2 Å². The lowest BCUT2D eigenvalue weighted by Crippen LogP contribution is -2.30. The zero-order valence-electron chi connectivity index (χ0n) is 8.91. The Hall–Kier alpha value is -0.900. The molecule has 0 aromatic rings. The molecule has 0 atom stereocenters. The number of carbonyl (C=O) groups excluding carboxylic acids is 2. The van der Waals surface area contributed by atoms with E-state index in [1.807, 2.05) is 0 Å². The van der Waals surface area contributed by atoms with Gasteiger partial charge in [0.1, 0.15) is 0 Å². The Balaban J connectivity index is 1.65. The largest absolute Gasteiger partial charge is 0.376 e. The van der Waals surface area contributed by atoms with Crippen LogP contribution in [0.4, 0.5) is 0 Å². The minimum Gasteiger partial charge on any atom is -0.376 e. The molecule has 1 aliphatic carbocycles. The SMILES string of the molecule is O=C1CC(=O)N(CCOC2CCCC2)C1. The van der Waals surface area contributed by atoms with Crippen LogP contribution in [0.1, 0.15) is 32.1 Å². The molecular formula is C11H17NO3. The van der Waals surface area contributed by atoms with Gasteiger partial charge in [-0.1, -0.05) is 12.8 Å². The molecule has 2 aliphatic rings. The van der Waals surface area contributed by atoms with Gasteiger partial charge >= 0.3 is 0 Å². The van der Waals surface area contributed by atoms with Gasteiger partial charge in [0, 0.05) is 6.54 Å². The van der Waals surface area contributed by atoms with Gasteiger partial charge in [0.2, 0.25) is 5.91 Å². The fourth-order valence-electron chi connectivity index (χ4n) is 2.23. The number of ether oxygens (including phenoxy) is 1. The molecule has 2 fully saturated rings. The maximum Gasteiger partial charge on any atom is 0.230 e. The van der Waals surface area contributed by atoms with E-state index in [-0.39, 0.29) is 24.7 Å². The van der Waals surface area contributed by atoms with E-state index in [4.69, 9.17) is 4.74 Å². The summed E-state index contributed by atoms with van der Waals surface area (Å²) < 4.78 is 5.64. The molecule has 1 amide bonds. The Morgan fingerprint density at radius 3 is 2.60 bits per heavy atom. The van der Waals surface area contributed by atoms with Gasteiger partial charge in [-0.05, 0) is 12.8 Å². The van der Waals surface area contributed by atoms with Gasteiger partial charge in [-0.3, -0.25) is 9.59 Å². The standard InChI is InChI=1S/C11H17NO3/c13-9-7-11(14)12(8-9)5-6-15-10-3-1-2-4-10/h10H,1-8H2. The quantitative estimate of drug-likeness (QED) is 0.644. The highest BCUT2D eigenvalue weighted by Gasteiger charge is 2.27. The van der Waals surface area contributed by atoms with Crippen LogP contribution in [0.3, 0.4) is 0 Å². The minimum atomic E-state index is -0.0463. The van der Waals surface area contributed by atoms with Crippen molar-refractivity contribution in [1.29, 1.82) is 0 Å². The van der Waals surface area contributed by atoms with Gasteiger partial charge in [-0.15, -0.1) is 0 Å². The van der Waals surface area contributed by atoms with Crippen molar-refractivity contribution < 1.29 is 14.3 Å². The van der Waals surface area contributed by atoms with Gasteiger partial charge in [0.15, 0.2) is 5.78 Å². The van der Waals surface area contributed by atoms with Crippen LogP contribution >= 0.6 is 0 Å². The number of carbonyl (C=O) groups is 2. The van der Waals surface area contributed by atoms with E-state index in [2.05, 4.69) is 0 Å². The average molecular weight is 211 g/mol. The van der Waals surface area contributed by atoms with Crippen molar-refractivity contribution in [3.05, 3.63) is 0 Å². The third-order valence-corrected chi connectivity index (χ3v) is 3.09. The molecule has 0 unspecified atom stereocenters. The van der Waals surface area contributed by atoms with Crippen molar-refractivity contribution in [2.75, 3.05) is 19.7 Å². The van der Waals surface area contributed by atoms with E-state index in [0.29, 0.717) is 19.3 Å². The number of amides is 1. The molecule has 1 saturated carbocycles. The van der Waals surface area contributed by atoms with Crippen LogP contribution in [0.2, 0.25) is 0 Å². The number of Topliss-reactive ketones (excluding diaryl/α,β-unsaturated/α-hetero) is 1. The molecule has 0 bridgehead atoms. The summed E-state index contributed by atoms with van der Waals surface area (Å²) in [6.45, 7) is 1.43. The Kier molecular flexibility index (Phi) is 3.36. The Morgan fingerprint density at radius 1 is 1.27 bits per heavy atom. The number of ketones is 1. The second kappa shape index (κ2) is 4.75. The zero-order valence-corrected chi connectivity index (χ0v) is 8.91. The molecule has 1 heterocycles. The molecule has 4 heteroatoms. The fraction of sp³-hybridized carbons (Fsp3) is 0.818. The maximum atomic E-state index is 11.3. The molecule has 4 nitrogen and oxygen atoms in total. The summed E-state index contributed by atoms with van der Waals surface area (Å²) in [6.07, 6.45) is 5.28. The Bertz CT molecular complexity index is 259. The van der Waals surface area contributed by atoms with Crippen LogP contribution in [0.25, 0.3) is 0 Å². The summed E-state index contributed by atoms with van der Waals surface area (Å²) >= 11 is 0. The fourth-order valence-corrected chi connectivity index (χ4v) is 2.23. The summed E-state index contributed by atoms with van der Waals surface area (Å²) in [5.74, 6) is -0.0177. The monoisotopic (exact) mass is 211 g/mol. The third kappa shape index (κ3) is 2.78. The van der Waals surface area contributed by atoms with E-state index in [1.165, 1.54) is 12.8 Å². The van der Waals surface area contributed by atoms with Crippen LogP contribution in [-0.4, -0.2) is 42.4 Å². The Morgan fingerprint density at radius 2 is 2.00 bits per heavy atom. The summed E-state index contributed by atoms with van der Waals surface area (Å²) in [4.78, 5) is 23.8. The highest BCUT2D eigenvalue weighted by molar-refractivity contribution is 6.05. The molecule has 0 N–H and O–H groups in total. The minimum absolute atomic E-state index is 0.0286. The zero-order chi connectivity index (χ0) is 10.7. The number of hydrogen-bond acceptors (Lipinski definition) is 3. The van der Waals surface area contributed by atoms with E-state index in [1.54, 1.807) is 4.90 Å². The molecular weight excluding hydrogens is 194 g/mol. The van der Waals surface area contributed by atoms with Crippen molar-refractivity contribution >= 4 is 11.7 Å². The van der Waals surface area contributed by atoms with Crippen LogP contribution in [0.15, 0.2) is 0 Å². The van der Waals surface area contributed by atoms with Crippen molar-refractivity contribution in [3.8, 4) is 0 Å². The summed E-state index contributed by atoms with van der Waals surface area (Å²) in [7, 11) is 0. The van der Waals surface area contributed by atoms with E-state index >= 15 is 0 Å². The average Bonchev–Trinajstić information content (AvgIpc) is 2.77. The van der Waals surface area contributed by atoms with E-state index in [0.717, 1.165) is 12.8 Å². The van der Waals surface area contributed by atoms with Gasteiger partial charge in [0.25, 0.3) is 0 Å².